The number of hydrogen-bond donors (Lipinski definition) is 1. The molecule has 174 valence electrons. The Morgan fingerprint density at radius 2 is 1.88 bits per heavy atom. The van der Waals surface area contributed by atoms with Crippen LogP contribution in [0.1, 0.15) is 34.1 Å². The van der Waals surface area contributed by atoms with Crippen molar-refractivity contribution in [1.82, 2.24) is 14.8 Å². The molecule has 7 nitrogen and oxygen atoms in total. The summed E-state index contributed by atoms with van der Waals surface area (Å²) in [5.41, 5.74) is 4.18. The lowest BCUT2D eigenvalue weighted by Crippen LogP contribution is -2.15. The Balaban J connectivity index is 1.68. The Bertz CT molecular complexity index is 1530. The summed E-state index contributed by atoms with van der Waals surface area (Å²) in [6.45, 7) is 3.76. The molecule has 1 aliphatic heterocycles. The van der Waals surface area contributed by atoms with Gasteiger partial charge in [0.1, 0.15) is 5.82 Å². The number of sulfone groups is 1. The summed E-state index contributed by atoms with van der Waals surface area (Å²) in [5.74, 6) is -0.787. The third kappa shape index (κ3) is 4.19. The van der Waals surface area contributed by atoms with Gasteiger partial charge in [0.25, 0.3) is 5.91 Å². The fraction of sp³-hybridized carbons (Fsp3) is 0.240. The number of fused-ring (bicyclic) bond motifs is 1. The number of nitrogens with zero attached hydrogens (tertiary/aromatic N) is 3. The van der Waals surface area contributed by atoms with Crippen LogP contribution in [-0.2, 0) is 9.84 Å². The minimum Gasteiger partial charge on any atom is -0.322 e. The van der Waals surface area contributed by atoms with E-state index in [2.05, 4.69) is 10.4 Å². The van der Waals surface area contributed by atoms with Crippen LogP contribution in [0.25, 0.3) is 22.3 Å². The number of hydrogen-bond acceptors (Lipinski definition) is 5. The monoisotopic (exact) mass is 478 g/mol. The summed E-state index contributed by atoms with van der Waals surface area (Å²) in [6.07, 6.45) is 0.444. The van der Waals surface area contributed by atoms with Crippen molar-refractivity contribution in [2.75, 3.05) is 16.8 Å². The SMILES string of the molecule is Cc1ccc(-c2cc(C(=O)Nc3cccc(F)c3)c3c(C)nn([C@@H]4CCS(=O)(=O)C4)c3n2)cc1. The zero-order chi connectivity index (χ0) is 24.0. The average Bonchev–Trinajstić information content (AvgIpc) is 3.32. The van der Waals surface area contributed by atoms with Crippen molar-refractivity contribution in [1.29, 1.82) is 0 Å². The van der Waals surface area contributed by atoms with Gasteiger partial charge in [-0.25, -0.2) is 22.5 Å². The second-order valence-electron chi connectivity index (χ2n) is 8.67. The summed E-state index contributed by atoms with van der Waals surface area (Å²) < 4.78 is 39.6. The highest BCUT2D eigenvalue weighted by atomic mass is 32.2. The molecule has 0 radical (unpaired) electrons. The fourth-order valence-electron chi connectivity index (χ4n) is 4.35. The highest BCUT2D eigenvalue weighted by Crippen LogP contribution is 2.32. The number of aromatic nitrogens is 3. The first kappa shape index (κ1) is 22.2. The second kappa shape index (κ2) is 8.32. The predicted octanol–water partition coefficient (Wildman–Crippen LogP) is 4.47. The molecule has 1 N–H and O–H groups in total. The molecule has 2 aromatic carbocycles. The molecule has 3 heterocycles. The maximum absolute atomic E-state index is 13.7. The van der Waals surface area contributed by atoms with Crippen LogP contribution in [0.2, 0.25) is 0 Å². The number of nitrogens with one attached hydrogen (secondary N) is 1. The van der Waals surface area contributed by atoms with Gasteiger partial charge in [0.05, 0.1) is 39.9 Å². The maximum Gasteiger partial charge on any atom is 0.256 e. The van der Waals surface area contributed by atoms with Gasteiger partial charge in [0.2, 0.25) is 0 Å². The number of aryl methyl sites for hydroxylation is 2. The van der Waals surface area contributed by atoms with E-state index in [1.807, 2.05) is 31.2 Å². The van der Waals surface area contributed by atoms with E-state index < -0.39 is 21.6 Å². The molecule has 0 aliphatic carbocycles. The number of pyridine rings is 1. The first-order valence-corrected chi connectivity index (χ1v) is 12.8. The molecule has 4 aromatic rings. The van der Waals surface area contributed by atoms with E-state index in [1.54, 1.807) is 23.7 Å². The van der Waals surface area contributed by atoms with E-state index in [0.717, 1.165) is 11.1 Å². The number of carbonyl (C=O) groups excluding carboxylic acids is 1. The van der Waals surface area contributed by atoms with Gasteiger partial charge in [-0.15, -0.1) is 0 Å². The van der Waals surface area contributed by atoms with Gasteiger partial charge in [-0.05, 0) is 44.5 Å². The Kier molecular flexibility index (Phi) is 5.44. The van der Waals surface area contributed by atoms with Gasteiger partial charge in [-0.1, -0.05) is 35.9 Å². The van der Waals surface area contributed by atoms with Crippen molar-refractivity contribution < 1.29 is 17.6 Å². The molecule has 9 heteroatoms. The van der Waals surface area contributed by atoms with Gasteiger partial charge in [-0.2, -0.15) is 5.10 Å². The number of halogens is 1. The van der Waals surface area contributed by atoms with Crippen molar-refractivity contribution in [3.8, 4) is 11.3 Å². The molecular formula is C25H23FN4O3S. The van der Waals surface area contributed by atoms with Gasteiger partial charge in [-0.3, -0.25) is 4.79 Å². The fourth-order valence-corrected chi connectivity index (χ4v) is 6.04. The zero-order valence-electron chi connectivity index (χ0n) is 18.7. The van der Waals surface area contributed by atoms with Crippen LogP contribution < -0.4 is 5.32 Å². The third-order valence-electron chi connectivity index (χ3n) is 6.07. The van der Waals surface area contributed by atoms with Gasteiger partial charge in [0, 0.05) is 11.3 Å². The molecule has 34 heavy (non-hydrogen) atoms. The average molecular weight is 479 g/mol. The van der Waals surface area contributed by atoms with Gasteiger partial charge >= 0.3 is 0 Å². The van der Waals surface area contributed by atoms with E-state index >= 15 is 0 Å². The van der Waals surface area contributed by atoms with E-state index in [-0.39, 0.29) is 17.5 Å². The van der Waals surface area contributed by atoms with Crippen molar-refractivity contribution in [2.24, 2.45) is 0 Å². The van der Waals surface area contributed by atoms with Crippen molar-refractivity contribution in [2.45, 2.75) is 26.3 Å². The van der Waals surface area contributed by atoms with E-state index in [0.29, 0.717) is 40.1 Å². The molecule has 5 rings (SSSR count). The predicted molar refractivity (Wildman–Crippen MR) is 129 cm³/mol. The Labute approximate surface area is 196 Å². The maximum atomic E-state index is 13.7. The van der Waals surface area contributed by atoms with Crippen LogP contribution in [0.5, 0.6) is 0 Å². The summed E-state index contributed by atoms with van der Waals surface area (Å²) >= 11 is 0. The van der Waals surface area contributed by atoms with E-state index in [4.69, 9.17) is 4.98 Å². The number of carbonyl (C=O) groups is 1. The van der Waals surface area contributed by atoms with Gasteiger partial charge in [0.15, 0.2) is 15.5 Å². The molecule has 1 atom stereocenters. The largest absolute Gasteiger partial charge is 0.322 e. The second-order valence-corrected chi connectivity index (χ2v) is 10.9. The first-order valence-electron chi connectivity index (χ1n) is 10.9. The molecular weight excluding hydrogens is 455 g/mol. The Hall–Kier alpha value is -3.59. The molecule has 1 saturated heterocycles. The first-order chi connectivity index (χ1) is 16.2. The summed E-state index contributed by atoms with van der Waals surface area (Å²) in [7, 11) is -3.14. The lowest BCUT2D eigenvalue weighted by molar-refractivity contribution is 0.102. The molecule has 1 aliphatic rings. The van der Waals surface area contributed by atoms with Crippen LogP contribution in [0, 0.1) is 19.7 Å². The molecule has 0 spiro atoms. The smallest absolute Gasteiger partial charge is 0.256 e. The molecule has 2 aromatic heterocycles. The molecule has 1 amide bonds. The zero-order valence-corrected chi connectivity index (χ0v) is 19.6. The van der Waals surface area contributed by atoms with Crippen molar-refractivity contribution in [3.05, 3.63) is 77.2 Å². The lowest BCUT2D eigenvalue weighted by Gasteiger charge is -2.12. The Morgan fingerprint density at radius 1 is 1.12 bits per heavy atom. The van der Waals surface area contributed by atoms with Crippen LogP contribution in [0.4, 0.5) is 10.1 Å². The van der Waals surface area contributed by atoms with Crippen molar-refractivity contribution in [3.63, 3.8) is 0 Å². The topological polar surface area (TPSA) is 94.0 Å². The van der Waals surface area contributed by atoms with Crippen LogP contribution in [-0.4, -0.2) is 40.6 Å². The highest BCUT2D eigenvalue weighted by Gasteiger charge is 2.32. The Morgan fingerprint density at radius 3 is 2.56 bits per heavy atom. The number of rotatable bonds is 4. The summed E-state index contributed by atoms with van der Waals surface area (Å²) in [4.78, 5) is 18.2. The van der Waals surface area contributed by atoms with E-state index in [9.17, 15) is 17.6 Å². The summed E-state index contributed by atoms with van der Waals surface area (Å²) in [6, 6.07) is 14.8. The van der Waals surface area contributed by atoms with Gasteiger partial charge < -0.3 is 5.32 Å². The number of amides is 1. The van der Waals surface area contributed by atoms with Crippen LogP contribution >= 0.6 is 0 Å². The molecule has 0 saturated carbocycles. The number of anilines is 1. The number of benzene rings is 2. The van der Waals surface area contributed by atoms with Crippen LogP contribution in [0.15, 0.2) is 54.6 Å². The van der Waals surface area contributed by atoms with Crippen molar-refractivity contribution >= 4 is 32.5 Å². The third-order valence-corrected chi connectivity index (χ3v) is 7.82. The van der Waals surface area contributed by atoms with E-state index in [1.165, 1.54) is 18.2 Å². The molecule has 0 bridgehead atoms. The lowest BCUT2D eigenvalue weighted by atomic mass is 10.0. The summed E-state index contributed by atoms with van der Waals surface area (Å²) in [5, 5.41) is 7.91. The van der Waals surface area contributed by atoms with Crippen LogP contribution in [0.3, 0.4) is 0 Å². The standard InChI is InChI=1S/C25H23FN4O3S/c1-15-6-8-17(9-7-15)22-13-21(25(31)27-19-5-3-4-18(26)12-19)23-16(2)29-30(24(23)28-22)20-10-11-34(32,33)14-20/h3-9,12-13,20H,10-11,14H2,1-2H3,(H,27,31)/t20-/m1/s1. The minimum absolute atomic E-state index is 0.00944. The minimum atomic E-state index is -3.14. The molecule has 1 fully saturated rings. The molecule has 0 unspecified atom stereocenters. The normalized spacial score (nSPS) is 17.2. The highest BCUT2D eigenvalue weighted by molar-refractivity contribution is 7.91. The quantitative estimate of drug-likeness (QED) is 0.467.